The predicted octanol–water partition coefficient (Wildman–Crippen LogP) is 3.73. The maximum Gasteiger partial charge on any atom is 0.0110 e. The Morgan fingerprint density at radius 2 is 1.46 bits per heavy atom. The molecule has 0 radical (unpaired) electrons. The average Bonchev–Trinajstić information content (AvgIpc) is 2.47. The van der Waals surface area contributed by atoms with E-state index < -0.39 is 0 Å². The fraction of sp³-hybridized carbons (Fsp3) is 0.333. The van der Waals surface area contributed by atoms with Gasteiger partial charge in [-0.1, -0.05) is 45.6 Å². The molecule has 1 heterocycles. The van der Waals surface area contributed by atoms with Crippen LogP contribution in [0.15, 0.2) is 25.6 Å². The van der Waals surface area contributed by atoms with Gasteiger partial charge in [-0.05, 0) is 11.1 Å². The number of aryl methyl sites for hydroxylation is 1. The molecule has 1 nitrogen and oxygen atoms in total. The van der Waals surface area contributed by atoms with Crippen molar-refractivity contribution in [1.82, 2.24) is 4.57 Å². The van der Waals surface area contributed by atoms with Gasteiger partial charge in [0.25, 0.3) is 0 Å². The van der Waals surface area contributed by atoms with E-state index in [0.717, 1.165) is 11.1 Å². The van der Waals surface area contributed by atoms with Crippen LogP contribution in [0.3, 0.4) is 0 Å². The number of aromatic nitrogens is 1. The van der Waals surface area contributed by atoms with E-state index in [1.54, 1.807) is 0 Å². The summed E-state index contributed by atoms with van der Waals surface area (Å²) in [5, 5.41) is 0. The van der Waals surface area contributed by atoms with Gasteiger partial charge in [0.1, 0.15) is 0 Å². The van der Waals surface area contributed by atoms with E-state index in [-0.39, 0.29) is 0 Å². The Hall–Kier alpha value is -1.24. The Morgan fingerprint density at radius 1 is 1.15 bits per heavy atom. The minimum atomic E-state index is 1.14. The summed E-state index contributed by atoms with van der Waals surface area (Å²) in [5.41, 5.74) is 2.27. The van der Waals surface area contributed by atoms with Crippen LogP contribution in [0, 0.1) is 0 Å². The lowest BCUT2D eigenvalue weighted by molar-refractivity contribution is 0.926. The second kappa shape index (κ2) is 6.30. The number of rotatable bonds is 2. The number of hydrogen-bond acceptors (Lipinski definition) is 0. The zero-order valence-corrected chi connectivity index (χ0v) is 8.88. The van der Waals surface area contributed by atoms with Crippen molar-refractivity contribution in [1.29, 1.82) is 0 Å². The Kier molecular flexibility index (Phi) is 5.69. The molecule has 0 aliphatic carbocycles. The van der Waals surface area contributed by atoms with Gasteiger partial charge in [-0.25, -0.2) is 0 Å². The third kappa shape index (κ3) is 3.79. The van der Waals surface area contributed by atoms with Crippen molar-refractivity contribution >= 4 is 12.2 Å². The molecule has 0 amide bonds. The first-order chi connectivity index (χ1) is 6.19. The van der Waals surface area contributed by atoms with Gasteiger partial charge in [-0.15, -0.1) is 0 Å². The smallest absolute Gasteiger partial charge is 0.0110 e. The highest BCUT2D eigenvalue weighted by Crippen LogP contribution is 2.11. The highest BCUT2D eigenvalue weighted by molar-refractivity contribution is 5.62. The average molecular weight is 177 g/mol. The Morgan fingerprint density at radius 3 is 1.69 bits per heavy atom. The molecule has 0 aliphatic rings. The van der Waals surface area contributed by atoms with Crippen molar-refractivity contribution in [3.8, 4) is 0 Å². The fourth-order valence-corrected chi connectivity index (χ4v) is 0.966. The van der Waals surface area contributed by atoms with Crippen LogP contribution in [0.5, 0.6) is 0 Å². The van der Waals surface area contributed by atoms with Gasteiger partial charge in [-0.3, -0.25) is 0 Å². The Labute approximate surface area is 81.4 Å². The molecule has 0 N–H and O–H groups in total. The maximum absolute atomic E-state index is 3.69. The monoisotopic (exact) mass is 177 g/mol. The highest BCUT2D eigenvalue weighted by Gasteiger charge is 1.95. The first kappa shape index (κ1) is 11.8. The molecule has 0 spiro atoms. The minimum absolute atomic E-state index is 1.14. The molecule has 0 atom stereocenters. The van der Waals surface area contributed by atoms with E-state index in [0.29, 0.717) is 0 Å². The topological polar surface area (TPSA) is 4.93 Å². The lowest BCUT2D eigenvalue weighted by Crippen LogP contribution is -1.77. The summed E-state index contributed by atoms with van der Waals surface area (Å²) in [7, 11) is 1.99. The first-order valence-electron chi connectivity index (χ1n) is 4.60. The molecule has 0 fully saturated rings. The van der Waals surface area contributed by atoms with Crippen molar-refractivity contribution in [2.24, 2.45) is 7.05 Å². The zero-order valence-electron chi connectivity index (χ0n) is 8.88. The molecule has 1 aromatic rings. The van der Waals surface area contributed by atoms with E-state index in [2.05, 4.69) is 27.0 Å². The lowest BCUT2D eigenvalue weighted by atomic mass is 10.2. The van der Waals surface area contributed by atoms with Crippen molar-refractivity contribution < 1.29 is 0 Å². The standard InChI is InChI=1S/C9H11N.C3H8/c1-4-8-6-10(3)7-9(8)5-2;1-3-2/h4-7H,1-2H2,3H3;3H2,1-2H3. The quantitative estimate of drug-likeness (QED) is 0.648. The predicted molar refractivity (Wildman–Crippen MR) is 61.6 cm³/mol. The van der Waals surface area contributed by atoms with Crippen LogP contribution in [-0.2, 0) is 7.05 Å². The number of hydrogen-bond donors (Lipinski definition) is 0. The second-order valence-corrected chi connectivity index (χ2v) is 2.95. The molecule has 0 saturated heterocycles. The van der Waals surface area contributed by atoms with Crippen molar-refractivity contribution in [3.05, 3.63) is 36.7 Å². The second-order valence-electron chi connectivity index (χ2n) is 2.95. The van der Waals surface area contributed by atoms with Gasteiger partial charge >= 0.3 is 0 Å². The van der Waals surface area contributed by atoms with Crippen LogP contribution in [0.2, 0.25) is 0 Å². The van der Waals surface area contributed by atoms with Crippen LogP contribution in [0.4, 0.5) is 0 Å². The van der Waals surface area contributed by atoms with Crippen LogP contribution in [0.1, 0.15) is 31.4 Å². The Balaban J connectivity index is 0.000000424. The third-order valence-corrected chi connectivity index (χ3v) is 1.46. The van der Waals surface area contributed by atoms with E-state index in [1.165, 1.54) is 6.42 Å². The van der Waals surface area contributed by atoms with Gasteiger partial charge < -0.3 is 4.57 Å². The van der Waals surface area contributed by atoms with Crippen molar-refractivity contribution in [3.63, 3.8) is 0 Å². The van der Waals surface area contributed by atoms with E-state index in [1.807, 2.05) is 36.2 Å². The van der Waals surface area contributed by atoms with Gasteiger partial charge in [0.05, 0.1) is 0 Å². The summed E-state index contributed by atoms with van der Waals surface area (Å²) in [6.07, 6.45) is 8.95. The van der Waals surface area contributed by atoms with E-state index in [4.69, 9.17) is 0 Å². The highest BCUT2D eigenvalue weighted by atomic mass is 14.9. The largest absolute Gasteiger partial charge is 0.356 e. The van der Waals surface area contributed by atoms with Gasteiger partial charge in [-0.2, -0.15) is 0 Å². The van der Waals surface area contributed by atoms with Gasteiger partial charge in [0.15, 0.2) is 0 Å². The summed E-state index contributed by atoms with van der Waals surface area (Å²) < 4.78 is 1.99. The molecule has 0 saturated carbocycles. The van der Waals surface area contributed by atoms with Crippen molar-refractivity contribution in [2.75, 3.05) is 0 Å². The molecule has 0 aliphatic heterocycles. The normalized spacial score (nSPS) is 8.54. The number of nitrogens with zero attached hydrogens (tertiary/aromatic N) is 1. The molecule has 1 heteroatoms. The van der Waals surface area contributed by atoms with Gasteiger partial charge in [0, 0.05) is 19.4 Å². The molecule has 0 aromatic carbocycles. The molecular weight excluding hydrogens is 158 g/mol. The summed E-state index contributed by atoms with van der Waals surface area (Å²) in [6.45, 7) is 11.6. The molecule has 72 valence electrons. The summed E-state index contributed by atoms with van der Waals surface area (Å²) in [5.74, 6) is 0. The summed E-state index contributed by atoms with van der Waals surface area (Å²) >= 11 is 0. The van der Waals surface area contributed by atoms with Crippen molar-refractivity contribution in [2.45, 2.75) is 20.3 Å². The molecule has 0 bridgehead atoms. The molecular formula is C12H19N. The molecule has 1 aromatic heterocycles. The zero-order chi connectivity index (χ0) is 10.3. The van der Waals surface area contributed by atoms with Crippen LogP contribution < -0.4 is 0 Å². The molecule has 1 rings (SSSR count). The summed E-state index contributed by atoms with van der Waals surface area (Å²) in [4.78, 5) is 0. The minimum Gasteiger partial charge on any atom is -0.356 e. The third-order valence-electron chi connectivity index (χ3n) is 1.46. The van der Waals surface area contributed by atoms with E-state index in [9.17, 15) is 0 Å². The van der Waals surface area contributed by atoms with Crippen LogP contribution in [-0.4, -0.2) is 4.57 Å². The van der Waals surface area contributed by atoms with Gasteiger partial charge in [0.2, 0.25) is 0 Å². The lowest BCUT2D eigenvalue weighted by Gasteiger charge is -1.84. The SMILES string of the molecule is C=Cc1cn(C)cc1C=C.CCC. The summed E-state index contributed by atoms with van der Waals surface area (Å²) in [6, 6.07) is 0. The first-order valence-corrected chi connectivity index (χ1v) is 4.60. The molecule has 0 unspecified atom stereocenters. The Bertz CT molecular complexity index is 243. The molecule has 13 heavy (non-hydrogen) atoms. The maximum atomic E-state index is 3.69. The van der Waals surface area contributed by atoms with Crippen LogP contribution in [0.25, 0.3) is 12.2 Å². The van der Waals surface area contributed by atoms with Crippen LogP contribution >= 0.6 is 0 Å². The fourth-order valence-electron chi connectivity index (χ4n) is 0.966. The van der Waals surface area contributed by atoms with E-state index >= 15 is 0 Å².